The second-order valence-corrected chi connectivity index (χ2v) is 6.16. The molecule has 1 atom stereocenters. The van der Waals surface area contributed by atoms with Gasteiger partial charge in [0, 0.05) is 12.8 Å². The number of Topliss-reactive ketones (excluding diaryl/α,β-unsaturated/α-hetero) is 1. The van der Waals surface area contributed by atoms with Gasteiger partial charge in [0.25, 0.3) is 10.1 Å². The standard InChI is InChI=1S/C13H17NO6S/c1-8-2-3-9(7-12(8)21(18,19)20)6-10(15)4-5-11(14)13(16)17/h2-3,7,11H,4-6,14H2,1H3,(H,16,17)(H,18,19,20)/t11-/m0/s1. The van der Waals surface area contributed by atoms with Gasteiger partial charge < -0.3 is 10.8 Å². The van der Waals surface area contributed by atoms with Crippen molar-refractivity contribution in [2.45, 2.75) is 37.1 Å². The number of carbonyl (C=O) groups excluding carboxylic acids is 1. The molecule has 1 rings (SSSR count). The van der Waals surface area contributed by atoms with Gasteiger partial charge >= 0.3 is 5.97 Å². The third kappa shape index (κ3) is 5.25. The molecule has 0 saturated carbocycles. The minimum absolute atomic E-state index is 0.0114. The van der Waals surface area contributed by atoms with Crippen LogP contribution in [0.15, 0.2) is 23.1 Å². The van der Waals surface area contributed by atoms with E-state index in [2.05, 4.69) is 0 Å². The van der Waals surface area contributed by atoms with E-state index in [1.807, 2.05) is 0 Å². The average molecular weight is 315 g/mol. The summed E-state index contributed by atoms with van der Waals surface area (Å²) in [5, 5.41) is 8.61. The first-order valence-corrected chi connectivity index (χ1v) is 7.62. The molecule has 4 N–H and O–H groups in total. The number of carboxylic acids is 1. The van der Waals surface area contributed by atoms with Crippen LogP contribution in [0.2, 0.25) is 0 Å². The lowest BCUT2D eigenvalue weighted by atomic mass is 10.0. The Balaban J connectivity index is 2.76. The molecule has 1 aromatic carbocycles. The lowest BCUT2D eigenvalue weighted by Gasteiger charge is -2.07. The van der Waals surface area contributed by atoms with Crippen molar-refractivity contribution in [1.82, 2.24) is 0 Å². The number of hydrogen-bond acceptors (Lipinski definition) is 5. The first kappa shape index (κ1) is 17.3. The van der Waals surface area contributed by atoms with Gasteiger partial charge in [-0.1, -0.05) is 12.1 Å². The summed E-state index contributed by atoms with van der Waals surface area (Å²) in [5.41, 5.74) is 6.10. The fraction of sp³-hybridized carbons (Fsp3) is 0.385. The lowest BCUT2D eigenvalue weighted by molar-refractivity contribution is -0.138. The Morgan fingerprint density at radius 1 is 1.33 bits per heavy atom. The fourth-order valence-corrected chi connectivity index (χ4v) is 2.56. The highest BCUT2D eigenvalue weighted by atomic mass is 32.2. The van der Waals surface area contributed by atoms with Gasteiger partial charge in [0.1, 0.15) is 11.8 Å². The van der Waals surface area contributed by atoms with Crippen LogP contribution in [-0.4, -0.2) is 35.9 Å². The molecule has 21 heavy (non-hydrogen) atoms. The lowest BCUT2D eigenvalue weighted by Crippen LogP contribution is -2.30. The molecule has 0 saturated heterocycles. The van der Waals surface area contributed by atoms with Crippen molar-refractivity contribution in [2.24, 2.45) is 5.73 Å². The molecule has 1 aromatic rings. The Bertz CT molecular complexity index is 653. The van der Waals surface area contributed by atoms with E-state index in [1.165, 1.54) is 19.1 Å². The van der Waals surface area contributed by atoms with Crippen LogP contribution in [0.5, 0.6) is 0 Å². The zero-order valence-electron chi connectivity index (χ0n) is 11.4. The predicted molar refractivity (Wildman–Crippen MR) is 74.5 cm³/mol. The van der Waals surface area contributed by atoms with E-state index in [0.29, 0.717) is 11.1 Å². The zero-order valence-corrected chi connectivity index (χ0v) is 12.3. The molecule has 0 aromatic heterocycles. The normalized spacial score (nSPS) is 12.9. The number of carbonyl (C=O) groups is 2. The van der Waals surface area contributed by atoms with E-state index in [0.717, 1.165) is 0 Å². The van der Waals surface area contributed by atoms with Gasteiger partial charge in [0.15, 0.2) is 0 Å². The van der Waals surface area contributed by atoms with E-state index in [4.69, 9.17) is 15.4 Å². The van der Waals surface area contributed by atoms with Gasteiger partial charge in [-0.25, -0.2) is 0 Å². The van der Waals surface area contributed by atoms with Crippen molar-refractivity contribution >= 4 is 21.9 Å². The largest absolute Gasteiger partial charge is 0.480 e. The summed E-state index contributed by atoms with van der Waals surface area (Å²) in [4.78, 5) is 22.0. The molecule has 0 radical (unpaired) electrons. The molecule has 116 valence electrons. The molecule has 0 bridgehead atoms. The highest BCUT2D eigenvalue weighted by molar-refractivity contribution is 7.85. The zero-order chi connectivity index (χ0) is 16.2. The Labute approximate surface area is 122 Å². The summed E-state index contributed by atoms with van der Waals surface area (Å²) in [7, 11) is -4.34. The van der Waals surface area contributed by atoms with Gasteiger partial charge in [-0.15, -0.1) is 0 Å². The number of aliphatic carboxylic acids is 1. The first-order chi connectivity index (χ1) is 9.61. The average Bonchev–Trinajstić information content (AvgIpc) is 2.36. The predicted octanol–water partition coefficient (Wildman–Crippen LogP) is 0.545. The Kier molecular flexibility index (Phi) is 5.59. The highest BCUT2D eigenvalue weighted by Gasteiger charge is 2.16. The topological polar surface area (TPSA) is 135 Å². The molecular formula is C13H17NO6S. The Morgan fingerprint density at radius 3 is 2.48 bits per heavy atom. The first-order valence-electron chi connectivity index (χ1n) is 6.18. The van der Waals surface area contributed by atoms with Crippen LogP contribution in [0.4, 0.5) is 0 Å². The van der Waals surface area contributed by atoms with E-state index in [1.54, 1.807) is 6.07 Å². The number of carboxylic acid groups (broad SMARTS) is 1. The molecule has 0 aliphatic carbocycles. The van der Waals surface area contributed by atoms with E-state index in [-0.39, 0.29) is 29.9 Å². The van der Waals surface area contributed by atoms with Crippen LogP contribution >= 0.6 is 0 Å². The minimum atomic E-state index is -4.34. The molecule has 0 heterocycles. The van der Waals surface area contributed by atoms with Crippen molar-refractivity contribution in [3.8, 4) is 0 Å². The molecule has 0 fully saturated rings. The van der Waals surface area contributed by atoms with E-state index >= 15 is 0 Å². The number of hydrogen-bond donors (Lipinski definition) is 3. The van der Waals surface area contributed by atoms with Gasteiger partial charge in [-0.2, -0.15) is 8.42 Å². The number of aryl methyl sites for hydroxylation is 1. The summed E-state index contributed by atoms with van der Waals surface area (Å²) in [6.45, 7) is 1.53. The molecule has 8 heteroatoms. The van der Waals surface area contributed by atoms with Crippen molar-refractivity contribution in [1.29, 1.82) is 0 Å². The molecular weight excluding hydrogens is 298 g/mol. The number of benzene rings is 1. The number of nitrogens with two attached hydrogens (primary N) is 1. The number of rotatable bonds is 7. The van der Waals surface area contributed by atoms with Crippen molar-refractivity contribution in [3.05, 3.63) is 29.3 Å². The summed E-state index contributed by atoms with van der Waals surface area (Å²) < 4.78 is 31.4. The third-order valence-corrected chi connectivity index (χ3v) is 3.98. The van der Waals surface area contributed by atoms with Crippen LogP contribution in [0.3, 0.4) is 0 Å². The van der Waals surface area contributed by atoms with E-state index in [9.17, 15) is 18.0 Å². The maximum absolute atomic E-state index is 11.7. The maximum atomic E-state index is 11.7. The minimum Gasteiger partial charge on any atom is -0.480 e. The Hall–Kier alpha value is -1.77. The van der Waals surface area contributed by atoms with Crippen LogP contribution in [0, 0.1) is 6.92 Å². The number of ketones is 1. The molecule has 0 unspecified atom stereocenters. The van der Waals surface area contributed by atoms with Gasteiger partial charge in [0.2, 0.25) is 0 Å². The van der Waals surface area contributed by atoms with E-state index < -0.39 is 22.1 Å². The van der Waals surface area contributed by atoms with Crippen molar-refractivity contribution in [2.75, 3.05) is 0 Å². The van der Waals surface area contributed by atoms with Crippen LogP contribution < -0.4 is 5.73 Å². The van der Waals surface area contributed by atoms with Crippen molar-refractivity contribution in [3.63, 3.8) is 0 Å². The summed E-state index contributed by atoms with van der Waals surface area (Å²) in [6.07, 6.45) is -0.0388. The van der Waals surface area contributed by atoms with Crippen LogP contribution in [0.25, 0.3) is 0 Å². The molecule has 0 aliphatic heterocycles. The molecule has 0 spiro atoms. The second-order valence-electron chi connectivity index (χ2n) is 4.77. The van der Waals surface area contributed by atoms with Gasteiger partial charge in [-0.05, 0) is 30.5 Å². The summed E-state index contributed by atoms with van der Waals surface area (Å²) >= 11 is 0. The Morgan fingerprint density at radius 2 is 1.95 bits per heavy atom. The van der Waals surface area contributed by atoms with Crippen LogP contribution in [0.1, 0.15) is 24.0 Å². The summed E-state index contributed by atoms with van der Waals surface area (Å²) in [5.74, 6) is -1.43. The quantitative estimate of drug-likeness (QED) is 0.625. The third-order valence-electron chi connectivity index (χ3n) is 2.98. The van der Waals surface area contributed by atoms with Crippen molar-refractivity contribution < 1.29 is 27.7 Å². The highest BCUT2D eigenvalue weighted by Crippen LogP contribution is 2.17. The molecule has 0 amide bonds. The fourth-order valence-electron chi connectivity index (χ4n) is 1.79. The van der Waals surface area contributed by atoms with Gasteiger partial charge in [-0.3, -0.25) is 14.1 Å². The summed E-state index contributed by atoms with van der Waals surface area (Å²) in [6, 6.07) is 3.22. The van der Waals surface area contributed by atoms with Gasteiger partial charge in [0.05, 0.1) is 4.90 Å². The SMILES string of the molecule is Cc1ccc(CC(=O)CC[C@H](N)C(=O)O)cc1S(=O)(=O)O. The monoisotopic (exact) mass is 315 g/mol. The smallest absolute Gasteiger partial charge is 0.320 e. The molecule has 7 nitrogen and oxygen atoms in total. The van der Waals surface area contributed by atoms with Crippen LogP contribution in [-0.2, 0) is 26.1 Å². The second kappa shape index (κ2) is 6.79. The molecule has 0 aliphatic rings. The maximum Gasteiger partial charge on any atom is 0.320 e.